The molecule has 166 valence electrons. The van der Waals surface area contributed by atoms with Crippen molar-refractivity contribution < 1.29 is 17.7 Å². The van der Waals surface area contributed by atoms with Crippen LogP contribution in [-0.2, 0) is 10.0 Å². The zero-order valence-corrected chi connectivity index (χ0v) is 19.6. The first-order valence-corrected chi connectivity index (χ1v) is 11.8. The maximum Gasteiger partial charge on any atom is 0.259 e. The molecule has 3 rings (SSSR count). The number of pyridine rings is 1. The van der Waals surface area contributed by atoms with Gasteiger partial charge in [0.05, 0.1) is 21.7 Å². The summed E-state index contributed by atoms with van der Waals surface area (Å²) in [4.78, 5) is 17.5. The standard InChI is InChI=1S/C21H25ClN4O4S/c1-6-26(7-2)31(28,29)18-10-14(8-9-16(18)22)23-20(27)15-11-17(12(3)4)24-21-19(15)13(5)25-30-21/h8-12H,6-7H2,1-5H3,(H,23,27). The molecule has 1 amide bonds. The number of amides is 1. The molecule has 0 spiro atoms. The minimum atomic E-state index is -3.79. The van der Waals surface area contributed by atoms with Crippen molar-refractivity contribution in [2.75, 3.05) is 18.4 Å². The van der Waals surface area contributed by atoms with E-state index in [0.29, 0.717) is 41.1 Å². The summed E-state index contributed by atoms with van der Waals surface area (Å²) in [6.07, 6.45) is 0. The number of aromatic nitrogens is 2. The summed E-state index contributed by atoms with van der Waals surface area (Å²) in [5.74, 6) is -0.350. The molecule has 10 heteroatoms. The van der Waals surface area contributed by atoms with Gasteiger partial charge < -0.3 is 9.84 Å². The zero-order chi connectivity index (χ0) is 22.9. The molecule has 0 fully saturated rings. The predicted molar refractivity (Wildman–Crippen MR) is 120 cm³/mol. The molecule has 0 saturated carbocycles. The maximum absolute atomic E-state index is 13.1. The Balaban J connectivity index is 2.03. The van der Waals surface area contributed by atoms with Gasteiger partial charge in [0.2, 0.25) is 10.0 Å². The lowest BCUT2D eigenvalue weighted by atomic mass is 10.0. The number of anilines is 1. The van der Waals surface area contributed by atoms with Gasteiger partial charge in [0, 0.05) is 24.5 Å². The predicted octanol–water partition coefficient (Wildman–Crippen LogP) is 4.59. The van der Waals surface area contributed by atoms with Gasteiger partial charge in [0.15, 0.2) is 0 Å². The van der Waals surface area contributed by atoms with Gasteiger partial charge in [0.1, 0.15) is 4.90 Å². The second-order valence-electron chi connectivity index (χ2n) is 7.39. The second kappa shape index (κ2) is 8.94. The Morgan fingerprint density at radius 2 is 1.90 bits per heavy atom. The quantitative estimate of drug-likeness (QED) is 0.548. The van der Waals surface area contributed by atoms with Crippen molar-refractivity contribution >= 4 is 44.3 Å². The molecule has 0 saturated heterocycles. The molecule has 0 aliphatic rings. The van der Waals surface area contributed by atoms with Crippen molar-refractivity contribution in [1.82, 2.24) is 14.4 Å². The van der Waals surface area contributed by atoms with Crippen LogP contribution in [0, 0.1) is 6.92 Å². The van der Waals surface area contributed by atoms with Crippen LogP contribution in [0.1, 0.15) is 55.4 Å². The van der Waals surface area contributed by atoms with E-state index in [4.69, 9.17) is 16.1 Å². The van der Waals surface area contributed by atoms with E-state index in [9.17, 15) is 13.2 Å². The molecule has 0 atom stereocenters. The molecule has 0 bridgehead atoms. The fraction of sp³-hybridized carbons (Fsp3) is 0.381. The van der Waals surface area contributed by atoms with E-state index in [1.54, 1.807) is 32.9 Å². The minimum Gasteiger partial charge on any atom is -0.336 e. The number of aryl methyl sites for hydroxylation is 1. The van der Waals surface area contributed by atoms with Crippen molar-refractivity contribution in [3.8, 4) is 0 Å². The molecule has 2 aromatic heterocycles. The van der Waals surface area contributed by atoms with E-state index < -0.39 is 15.9 Å². The Bertz CT molecular complexity index is 1230. The van der Waals surface area contributed by atoms with Crippen LogP contribution in [0.2, 0.25) is 5.02 Å². The molecule has 3 aromatic rings. The number of nitrogens with zero attached hydrogens (tertiary/aromatic N) is 3. The lowest BCUT2D eigenvalue weighted by molar-refractivity contribution is 0.102. The third kappa shape index (κ3) is 4.44. The highest BCUT2D eigenvalue weighted by molar-refractivity contribution is 7.89. The largest absolute Gasteiger partial charge is 0.336 e. The first-order valence-electron chi connectivity index (χ1n) is 9.98. The molecule has 2 heterocycles. The molecule has 1 N–H and O–H groups in total. The number of sulfonamides is 1. The second-order valence-corrected chi connectivity index (χ2v) is 9.70. The number of carbonyl (C=O) groups is 1. The molecular weight excluding hydrogens is 440 g/mol. The van der Waals surface area contributed by atoms with Crippen molar-refractivity contribution in [3.05, 3.63) is 46.2 Å². The SMILES string of the molecule is CCN(CC)S(=O)(=O)c1cc(NC(=O)c2cc(C(C)C)nc3onc(C)c23)ccc1Cl. The smallest absolute Gasteiger partial charge is 0.259 e. The molecule has 0 unspecified atom stereocenters. The average Bonchev–Trinajstić information content (AvgIpc) is 3.10. The Morgan fingerprint density at radius 1 is 1.23 bits per heavy atom. The number of benzene rings is 1. The molecule has 31 heavy (non-hydrogen) atoms. The van der Waals surface area contributed by atoms with Gasteiger partial charge in [-0.25, -0.2) is 13.4 Å². The fourth-order valence-corrected chi connectivity index (χ4v) is 5.23. The number of fused-ring (bicyclic) bond motifs is 1. The van der Waals surface area contributed by atoms with Crippen LogP contribution in [0.3, 0.4) is 0 Å². The van der Waals surface area contributed by atoms with E-state index in [0.717, 1.165) is 0 Å². The van der Waals surface area contributed by atoms with Crippen LogP contribution < -0.4 is 5.32 Å². The average molecular weight is 465 g/mol. The summed E-state index contributed by atoms with van der Waals surface area (Å²) in [6, 6.07) is 6.09. The van der Waals surface area contributed by atoms with Gasteiger partial charge in [-0.3, -0.25) is 4.79 Å². The fourth-order valence-electron chi connectivity index (χ4n) is 3.27. The molecule has 8 nitrogen and oxygen atoms in total. The van der Waals surface area contributed by atoms with Crippen LogP contribution >= 0.6 is 11.6 Å². The van der Waals surface area contributed by atoms with Crippen LogP contribution in [-0.4, -0.2) is 41.9 Å². The highest BCUT2D eigenvalue weighted by Crippen LogP contribution is 2.29. The Morgan fingerprint density at radius 3 is 2.52 bits per heavy atom. The molecule has 1 aromatic carbocycles. The number of halogens is 1. The minimum absolute atomic E-state index is 0.0560. The first-order chi connectivity index (χ1) is 14.6. The van der Waals surface area contributed by atoms with E-state index in [2.05, 4.69) is 15.5 Å². The zero-order valence-electron chi connectivity index (χ0n) is 18.1. The van der Waals surface area contributed by atoms with Crippen molar-refractivity contribution in [2.24, 2.45) is 0 Å². The Kier molecular flexibility index (Phi) is 6.68. The Labute approximate surface area is 186 Å². The van der Waals surface area contributed by atoms with Crippen LogP contribution in [0.25, 0.3) is 11.1 Å². The normalized spacial score (nSPS) is 12.1. The van der Waals surface area contributed by atoms with Crippen molar-refractivity contribution in [1.29, 1.82) is 0 Å². The Hall–Kier alpha value is -2.49. The summed E-state index contributed by atoms with van der Waals surface area (Å²) in [7, 11) is -3.79. The van der Waals surface area contributed by atoms with E-state index in [1.165, 1.54) is 16.4 Å². The molecule has 0 radical (unpaired) electrons. The highest BCUT2D eigenvalue weighted by Gasteiger charge is 2.25. The summed E-state index contributed by atoms with van der Waals surface area (Å²) < 4.78 is 32.4. The summed E-state index contributed by atoms with van der Waals surface area (Å²) in [5.41, 5.74) is 2.19. The highest BCUT2D eigenvalue weighted by atomic mass is 35.5. The summed E-state index contributed by atoms with van der Waals surface area (Å²) >= 11 is 6.18. The number of carbonyl (C=O) groups excluding carboxylic acids is 1. The van der Waals surface area contributed by atoms with Crippen LogP contribution in [0.15, 0.2) is 33.7 Å². The van der Waals surface area contributed by atoms with E-state index in [-0.39, 0.29) is 21.5 Å². The molecule has 0 aliphatic carbocycles. The third-order valence-corrected chi connectivity index (χ3v) is 7.52. The van der Waals surface area contributed by atoms with Crippen molar-refractivity contribution in [2.45, 2.75) is 45.4 Å². The topological polar surface area (TPSA) is 105 Å². The first kappa shape index (κ1) is 23.2. The van der Waals surface area contributed by atoms with E-state index in [1.807, 2.05) is 13.8 Å². The lowest BCUT2D eigenvalue weighted by Crippen LogP contribution is -2.30. The van der Waals surface area contributed by atoms with Gasteiger partial charge in [-0.1, -0.05) is 44.5 Å². The molecular formula is C21H25ClN4O4S. The third-order valence-electron chi connectivity index (χ3n) is 4.99. The summed E-state index contributed by atoms with van der Waals surface area (Å²) in [6.45, 7) is 9.78. The maximum atomic E-state index is 13.1. The monoisotopic (exact) mass is 464 g/mol. The van der Waals surface area contributed by atoms with Gasteiger partial charge in [-0.15, -0.1) is 0 Å². The lowest BCUT2D eigenvalue weighted by Gasteiger charge is -2.19. The van der Waals surface area contributed by atoms with Crippen LogP contribution in [0.4, 0.5) is 5.69 Å². The molecule has 0 aliphatic heterocycles. The van der Waals surface area contributed by atoms with Crippen molar-refractivity contribution in [3.63, 3.8) is 0 Å². The summed E-state index contributed by atoms with van der Waals surface area (Å²) in [5, 5.41) is 7.30. The number of nitrogens with one attached hydrogen (secondary N) is 1. The van der Waals surface area contributed by atoms with Crippen LogP contribution in [0.5, 0.6) is 0 Å². The van der Waals surface area contributed by atoms with E-state index >= 15 is 0 Å². The number of hydrogen-bond acceptors (Lipinski definition) is 6. The number of hydrogen-bond donors (Lipinski definition) is 1. The van der Waals surface area contributed by atoms with Gasteiger partial charge >= 0.3 is 0 Å². The van der Waals surface area contributed by atoms with Gasteiger partial charge in [0.25, 0.3) is 11.6 Å². The van der Waals surface area contributed by atoms with Gasteiger partial charge in [-0.2, -0.15) is 4.31 Å². The van der Waals surface area contributed by atoms with Gasteiger partial charge in [-0.05, 0) is 37.1 Å². The number of rotatable bonds is 7.